The first kappa shape index (κ1) is 25.9. The van der Waals surface area contributed by atoms with Gasteiger partial charge in [0.2, 0.25) is 0 Å². The molecule has 0 saturated carbocycles. The van der Waals surface area contributed by atoms with E-state index in [9.17, 15) is 23.3 Å². The smallest absolute Gasteiger partial charge is 0.270 e. The van der Waals surface area contributed by atoms with Gasteiger partial charge in [0.1, 0.15) is 6.54 Å². The van der Waals surface area contributed by atoms with Gasteiger partial charge in [-0.2, -0.15) is 5.10 Å². The Balaban J connectivity index is 1.89. The Morgan fingerprint density at radius 2 is 1.83 bits per heavy atom. The first-order valence-electron chi connectivity index (χ1n) is 10.6. The number of aryl methyl sites for hydroxylation is 2. The summed E-state index contributed by atoms with van der Waals surface area (Å²) in [5.41, 5.74) is 4.35. The van der Waals surface area contributed by atoms with Crippen LogP contribution in [-0.2, 0) is 21.2 Å². The molecule has 1 N–H and O–H groups in total. The fourth-order valence-corrected chi connectivity index (χ4v) is 4.90. The number of sulfonamides is 1. The average Bonchev–Trinajstić information content (AvgIpc) is 2.83. The summed E-state index contributed by atoms with van der Waals surface area (Å²) in [6.07, 6.45) is 1.72. The molecule has 3 aromatic rings. The van der Waals surface area contributed by atoms with Crippen LogP contribution in [0.4, 0.5) is 11.4 Å². The van der Waals surface area contributed by atoms with Crippen molar-refractivity contribution in [3.63, 3.8) is 0 Å². The zero-order chi connectivity index (χ0) is 25.6. The SMILES string of the molecule is CCc1ccccc1N(CC(=O)N/N=C\c1cc([N+](=O)[O-])ccc1Cl)S(=O)(=O)c1ccc(C)cc1. The third kappa shape index (κ3) is 6.23. The van der Waals surface area contributed by atoms with E-state index in [1.54, 1.807) is 36.4 Å². The maximum absolute atomic E-state index is 13.5. The molecule has 0 heterocycles. The van der Waals surface area contributed by atoms with Crippen molar-refractivity contribution in [2.75, 3.05) is 10.8 Å². The van der Waals surface area contributed by atoms with Crippen molar-refractivity contribution in [3.8, 4) is 0 Å². The zero-order valence-electron chi connectivity index (χ0n) is 19.0. The Labute approximate surface area is 208 Å². The molecule has 0 unspecified atom stereocenters. The quantitative estimate of drug-likeness (QED) is 0.256. The van der Waals surface area contributed by atoms with Crippen LogP contribution in [0.5, 0.6) is 0 Å². The molecule has 0 atom stereocenters. The van der Waals surface area contributed by atoms with E-state index in [4.69, 9.17) is 11.6 Å². The van der Waals surface area contributed by atoms with Crippen LogP contribution in [0.25, 0.3) is 0 Å². The molecular formula is C24H23ClN4O5S. The van der Waals surface area contributed by atoms with E-state index in [1.807, 2.05) is 13.8 Å². The van der Waals surface area contributed by atoms with E-state index < -0.39 is 27.4 Å². The number of non-ortho nitro benzene ring substituents is 1. The highest BCUT2D eigenvalue weighted by atomic mass is 35.5. The maximum atomic E-state index is 13.5. The Kier molecular flexibility index (Phi) is 8.21. The first-order valence-corrected chi connectivity index (χ1v) is 12.4. The van der Waals surface area contributed by atoms with Gasteiger partial charge in [-0.3, -0.25) is 19.2 Å². The van der Waals surface area contributed by atoms with Gasteiger partial charge in [-0.1, -0.05) is 54.4 Å². The number of hydrazone groups is 1. The summed E-state index contributed by atoms with van der Waals surface area (Å²) in [7, 11) is -4.07. The van der Waals surface area contributed by atoms with E-state index in [1.165, 1.54) is 30.3 Å². The summed E-state index contributed by atoms with van der Waals surface area (Å²) in [6, 6.07) is 17.1. The minimum absolute atomic E-state index is 0.0497. The van der Waals surface area contributed by atoms with Gasteiger partial charge >= 0.3 is 0 Å². The van der Waals surface area contributed by atoms with Crippen molar-refractivity contribution in [2.24, 2.45) is 5.10 Å². The second-order valence-electron chi connectivity index (χ2n) is 7.56. The van der Waals surface area contributed by atoms with Crippen LogP contribution in [0.2, 0.25) is 5.02 Å². The lowest BCUT2D eigenvalue weighted by Gasteiger charge is -2.25. The number of nitro benzene ring substituents is 1. The molecule has 1 amide bonds. The first-order chi connectivity index (χ1) is 16.6. The van der Waals surface area contributed by atoms with Gasteiger partial charge in [-0.15, -0.1) is 0 Å². The summed E-state index contributed by atoms with van der Waals surface area (Å²) >= 11 is 6.04. The predicted molar refractivity (Wildman–Crippen MR) is 135 cm³/mol. The number of nitro groups is 1. The summed E-state index contributed by atoms with van der Waals surface area (Å²) in [5.74, 6) is -0.704. The number of para-hydroxylation sites is 1. The van der Waals surface area contributed by atoms with Crippen molar-refractivity contribution < 1.29 is 18.1 Å². The van der Waals surface area contributed by atoms with Crippen molar-refractivity contribution >= 4 is 45.1 Å². The van der Waals surface area contributed by atoms with Gasteiger partial charge in [0, 0.05) is 22.7 Å². The molecule has 0 saturated heterocycles. The number of hydrogen-bond donors (Lipinski definition) is 1. The molecular weight excluding hydrogens is 492 g/mol. The van der Waals surface area contributed by atoms with Gasteiger partial charge in [0.15, 0.2) is 0 Å². The normalized spacial score (nSPS) is 11.4. The van der Waals surface area contributed by atoms with E-state index in [-0.39, 0.29) is 21.2 Å². The Morgan fingerprint density at radius 3 is 2.49 bits per heavy atom. The van der Waals surface area contributed by atoms with Gasteiger partial charge in [-0.25, -0.2) is 13.8 Å². The number of carbonyl (C=O) groups excluding carboxylic acids is 1. The van der Waals surface area contributed by atoms with Crippen LogP contribution in [0, 0.1) is 17.0 Å². The summed E-state index contributed by atoms with van der Waals surface area (Å²) in [5, 5.41) is 15.0. The molecule has 0 aliphatic carbocycles. The Morgan fingerprint density at radius 1 is 1.14 bits per heavy atom. The monoisotopic (exact) mass is 514 g/mol. The minimum Gasteiger partial charge on any atom is -0.271 e. The largest absolute Gasteiger partial charge is 0.271 e. The molecule has 9 nitrogen and oxygen atoms in total. The van der Waals surface area contributed by atoms with Crippen LogP contribution < -0.4 is 9.73 Å². The van der Waals surface area contributed by atoms with Gasteiger partial charge in [0.05, 0.1) is 21.7 Å². The number of benzene rings is 3. The number of anilines is 1. The summed E-state index contributed by atoms with van der Waals surface area (Å²) in [6.45, 7) is 3.20. The standard InChI is InChI=1S/C24H23ClN4O5S/c1-3-18-6-4-5-7-23(18)28(35(33,34)21-11-8-17(2)9-12-21)16-24(30)27-26-15-19-14-20(29(31)32)10-13-22(19)25/h4-15H,3,16H2,1-2H3,(H,27,30)/b26-15-. The number of rotatable bonds is 9. The van der Waals surface area contributed by atoms with Crippen LogP contribution in [0.15, 0.2) is 76.7 Å². The molecule has 0 aliphatic rings. The predicted octanol–water partition coefficient (Wildman–Crippen LogP) is 4.46. The van der Waals surface area contributed by atoms with Crippen LogP contribution in [0.3, 0.4) is 0 Å². The van der Waals surface area contributed by atoms with Gasteiger partial charge < -0.3 is 0 Å². The molecule has 0 aliphatic heterocycles. The Hall–Kier alpha value is -3.76. The molecule has 0 fully saturated rings. The number of nitrogens with zero attached hydrogens (tertiary/aromatic N) is 3. The third-order valence-corrected chi connectivity index (χ3v) is 7.24. The van der Waals surface area contributed by atoms with E-state index in [0.29, 0.717) is 12.1 Å². The van der Waals surface area contributed by atoms with E-state index in [2.05, 4.69) is 10.5 Å². The number of amides is 1. The summed E-state index contributed by atoms with van der Waals surface area (Å²) in [4.78, 5) is 23.2. The van der Waals surface area contributed by atoms with Crippen LogP contribution in [-0.4, -0.2) is 32.0 Å². The number of halogens is 1. The highest BCUT2D eigenvalue weighted by molar-refractivity contribution is 7.92. The molecule has 3 rings (SSSR count). The van der Waals surface area contributed by atoms with Gasteiger partial charge in [0.25, 0.3) is 21.6 Å². The van der Waals surface area contributed by atoms with Crippen molar-refractivity contribution in [1.29, 1.82) is 0 Å². The van der Waals surface area contributed by atoms with E-state index >= 15 is 0 Å². The molecule has 0 spiro atoms. The van der Waals surface area contributed by atoms with Gasteiger partial charge in [-0.05, 0) is 43.2 Å². The van der Waals surface area contributed by atoms with Crippen LogP contribution >= 0.6 is 11.6 Å². The van der Waals surface area contributed by atoms with Crippen molar-refractivity contribution in [2.45, 2.75) is 25.2 Å². The molecule has 11 heteroatoms. The topological polar surface area (TPSA) is 122 Å². The molecule has 0 aromatic heterocycles. The highest BCUT2D eigenvalue weighted by Gasteiger charge is 2.28. The third-order valence-electron chi connectivity index (χ3n) is 5.12. The van der Waals surface area contributed by atoms with Crippen molar-refractivity contribution in [3.05, 3.63) is 98.6 Å². The highest BCUT2D eigenvalue weighted by Crippen LogP contribution is 2.27. The lowest BCUT2D eigenvalue weighted by molar-refractivity contribution is -0.384. The van der Waals surface area contributed by atoms with E-state index in [0.717, 1.165) is 21.6 Å². The van der Waals surface area contributed by atoms with Crippen molar-refractivity contribution in [1.82, 2.24) is 5.43 Å². The summed E-state index contributed by atoms with van der Waals surface area (Å²) < 4.78 is 28.1. The second kappa shape index (κ2) is 11.1. The van der Waals surface area contributed by atoms with Crippen LogP contribution in [0.1, 0.15) is 23.6 Å². The number of hydrogen-bond acceptors (Lipinski definition) is 6. The fourth-order valence-electron chi connectivity index (χ4n) is 3.27. The molecule has 3 aromatic carbocycles. The minimum atomic E-state index is -4.07. The number of carbonyl (C=O) groups is 1. The molecule has 0 radical (unpaired) electrons. The fraction of sp³-hybridized carbons (Fsp3) is 0.167. The molecule has 182 valence electrons. The Bertz CT molecular complexity index is 1370. The molecule has 0 bridgehead atoms. The zero-order valence-corrected chi connectivity index (χ0v) is 20.6. The average molecular weight is 515 g/mol. The number of nitrogens with one attached hydrogen (secondary N) is 1. The maximum Gasteiger partial charge on any atom is 0.270 e. The lowest BCUT2D eigenvalue weighted by atomic mass is 10.1. The lowest BCUT2D eigenvalue weighted by Crippen LogP contribution is -2.40. The second-order valence-corrected chi connectivity index (χ2v) is 9.83. The molecule has 35 heavy (non-hydrogen) atoms.